The molecule has 0 radical (unpaired) electrons. The molecule has 0 aliphatic rings. The first-order valence-corrected chi connectivity index (χ1v) is 4.09. The lowest BCUT2D eigenvalue weighted by Gasteiger charge is -2.18. The first-order chi connectivity index (χ1) is 5.54. The van der Waals surface area contributed by atoms with Gasteiger partial charge in [-0.2, -0.15) is 0 Å². The summed E-state index contributed by atoms with van der Waals surface area (Å²) in [5, 5.41) is 8.68. The summed E-state index contributed by atoms with van der Waals surface area (Å²) in [6, 6.07) is 0. The van der Waals surface area contributed by atoms with E-state index >= 15 is 0 Å². The van der Waals surface area contributed by atoms with Crippen molar-refractivity contribution in [2.45, 2.75) is 20.3 Å². The summed E-state index contributed by atoms with van der Waals surface area (Å²) >= 11 is 0. The molecule has 1 N–H and O–H groups in total. The third kappa shape index (κ3) is 2.53. The molecule has 0 amide bonds. The third-order valence-electron chi connectivity index (χ3n) is 2.19. The predicted molar refractivity (Wildman–Crippen MR) is 49.9 cm³/mol. The van der Waals surface area contributed by atoms with Crippen LogP contribution in [-0.2, 0) is 4.79 Å². The molecule has 0 saturated heterocycles. The van der Waals surface area contributed by atoms with Crippen LogP contribution in [0.3, 0.4) is 0 Å². The maximum Gasteiger partial charge on any atom is 0.331 e. The van der Waals surface area contributed by atoms with Crippen LogP contribution in [0.4, 0.5) is 0 Å². The van der Waals surface area contributed by atoms with E-state index in [2.05, 4.69) is 13.2 Å². The average Bonchev–Trinajstić information content (AvgIpc) is 2.05. The minimum absolute atomic E-state index is 0.104. The monoisotopic (exact) mass is 168 g/mol. The summed E-state index contributed by atoms with van der Waals surface area (Å²) < 4.78 is 0. The van der Waals surface area contributed by atoms with Crippen LogP contribution in [0.2, 0.25) is 0 Å². The highest BCUT2D eigenvalue weighted by atomic mass is 16.4. The lowest BCUT2D eigenvalue weighted by Crippen LogP contribution is -2.16. The molecule has 0 rings (SSSR count). The van der Waals surface area contributed by atoms with Crippen LogP contribution in [0.1, 0.15) is 20.3 Å². The smallest absolute Gasteiger partial charge is 0.331 e. The minimum Gasteiger partial charge on any atom is -0.478 e. The third-order valence-corrected chi connectivity index (χ3v) is 2.19. The largest absolute Gasteiger partial charge is 0.478 e. The average molecular weight is 168 g/mol. The second kappa shape index (κ2) is 4.75. The van der Waals surface area contributed by atoms with Crippen LogP contribution in [0.25, 0.3) is 0 Å². The number of aliphatic carboxylic acids is 1. The Bertz CT molecular complexity index is 194. The number of allylic oxidation sites excluding steroid dienone is 1. The molecular weight excluding hydrogens is 152 g/mol. The van der Waals surface area contributed by atoms with Gasteiger partial charge in [0.2, 0.25) is 0 Å². The Morgan fingerprint density at radius 3 is 2.42 bits per heavy atom. The van der Waals surface area contributed by atoms with Gasteiger partial charge < -0.3 is 5.11 Å². The lowest BCUT2D eigenvalue weighted by molar-refractivity contribution is -0.133. The Kier molecular flexibility index (Phi) is 4.34. The van der Waals surface area contributed by atoms with Crippen molar-refractivity contribution < 1.29 is 9.90 Å². The van der Waals surface area contributed by atoms with Crippen molar-refractivity contribution in [1.82, 2.24) is 0 Å². The molecule has 0 spiro atoms. The summed E-state index contributed by atoms with van der Waals surface area (Å²) in [4.78, 5) is 10.6. The fourth-order valence-corrected chi connectivity index (χ4v) is 1.11. The molecule has 0 bridgehead atoms. The van der Waals surface area contributed by atoms with Gasteiger partial charge in [0.05, 0.1) is 0 Å². The molecule has 0 aromatic carbocycles. The number of carbonyl (C=O) groups is 1. The fraction of sp³-hybridized carbons (Fsp3) is 0.500. The van der Waals surface area contributed by atoms with Gasteiger partial charge in [-0.3, -0.25) is 0 Å². The summed E-state index contributed by atoms with van der Waals surface area (Å²) in [7, 11) is 0. The van der Waals surface area contributed by atoms with Gasteiger partial charge in [-0.25, -0.2) is 4.79 Å². The van der Waals surface area contributed by atoms with Crippen molar-refractivity contribution in [1.29, 1.82) is 0 Å². The highest BCUT2D eigenvalue weighted by Crippen LogP contribution is 2.23. The fourth-order valence-electron chi connectivity index (χ4n) is 1.11. The molecule has 2 heteroatoms. The highest BCUT2D eigenvalue weighted by molar-refractivity contribution is 5.86. The Labute approximate surface area is 73.6 Å². The Morgan fingerprint density at radius 1 is 1.67 bits per heavy atom. The van der Waals surface area contributed by atoms with Crippen LogP contribution in [0.5, 0.6) is 0 Å². The second-order valence-corrected chi connectivity index (χ2v) is 2.98. The van der Waals surface area contributed by atoms with E-state index in [1.807, 2.05) is 13.8 Å². The summed E-state index contributed by atoms with van der Waals surface area (Å²) in [5.74, 6) is -0.737. The van der Waals surface area contributed by atoms with Gasteiger partial charge in [0.1, 0.15) is 0 Å². The van der Waals surface area contributed by atoms with E-state index in [9.17, 15) is 4.79 Å². The zero-order valence-electron chi connectivity index (χ0n) is 7.71. The molecule has 0 heterocycles. The van der Waals surface area contributed by atoms with E-state index in [1.165, 1.54) is 0 Å². The second-order valence-electron chi connectivity index (χ2n) is 2.98. The van der Waals surface area contributed by atoms with Gasteiger partial charge in [-0.05, 0) is 5.92 Å². The van der Waals surface area contributed by atoms with Gasteiger partial charge in [0.25, 0.3) is 0 Å². The minimum atomic E-state index is -0.930. The zero-order chi connectivity index (χ0) is 9.72. The number of carboxylic acids is 1. The number of carboxylic acid groups (broad SMARTS) is 1. The van der Waals surface area contributed by atoms with E-state index in [1.54, 1.807) is 6.08 Å². The van der Waals surface area contributed by atoms with E-state index in [4.69, 9.17) is 5.11 Å². The molecule has 2 nitrogen and oxygen atoms in total. The highest BCUT2D eigenvalue weighted by Gasteiger charge is 2.19. The van der Waals surface area contributed by atoms with Gasteiger partial charge in [0.15, 0.2) is 0 Å². The molecule has 0 aliphatic heterocycles. The zero-order valence-corrected chi connectivity index (χ0v) is 7.71. The predicted octanol–water partition coefficient (Wildman–Crippen LogP) is 2.48. The van der Waals surface area contributed by atoms with Crippen LogP contribution in [0.15, 0.2) is 24.8 Å². The first kappa shape index (κ1) is 11.0. The van der Waals surface area contributed by atoms with Crippen LogP contribution in [-0.4, -0.2) is 11.1 Å². The number of hydrogen-bond donors (Lipinski definition) is 1. The maximum atomic E-state index is 10.6. The molecule has 0 fully saturated rings. The standard InChI is InChI=1S/C10H16O2/c1-5-7(3)9(6-2)8(4)10(11)12/h6-7,9H,2,4-5H2,1,3H3,(H,11,12). The molecular formula is C10H16O2. The maximum absolute atomic E-state index is 10.6. The molecule has 2 unspecified atom stereocenters. The summed E-state index contributed by atoms with van der Waals surface area (Å²) in [6.45, 7) is 11.2. The van der Waals surface area contributed by atoms with Gasteiger partial charge in [0, 0.05) is 11.5 Å². The summed E-state index contributed by atoms with van der Waals surface area (Å²) in [6.07, 6.45) is 2.59. The normalized spacial score (nSPS) is 14.8. The van der Waals surface area contributed by atoms with E-state index in [-0.39, 0.29) is 11.5 Å². The first-order valence-electron chi connectivity index (χ1n) is 4.09. The van der Waals surface area contributed by atoms with Gasteiger partial charge in [-0.1, -0.05) is 32.9 Å². The number of hydrogen-bond acceptors (Lipinski definition) is 1. The Hall–Kier alpha value is -1.05. The number of rotatable bonds is 5. The van der Waals surface area contributed by atoms with E-state index in [0.29, 0.717) is 5.92 Å². The summed E-state index contributed by atoms with van der Waals surface area (Å²) in [5.41, 5.74) is 0.236. The molecule has 0 aromatic heterocycles. The van der Waals surface area contributed by atoms with Crippen molar-refractivity contribution >= 4 is 5.97 Å². The van der Waals surface area contributed by atoms with E-state index < -0.39 is 5.97 Å². The molecule has 12 heavy (non-hydrogen) atoms. The molecule has 0 saturated carbocycles. The topological polar surface area (TPSA) is 37.3 Å². The van der Waals surface area contributed by atoms with Crippen molar-refractivity contribution in [3.63, 3.8) is 0 Å². The lowest BCUT2D eigenvalue weighted by atomic mass is 9.86. The van der Waals surface area contributed by atoms with Crippen molar-refractivity contribution in [2.24, 2.45) is 11.8 Å². The van der Waals surface area contributed by atoms with Crippen molar-refractivity contribution in [3.8, 4) is 0 Å². The molecule has 0 aliphatic carbocycles. The van der Waals surface area contributed by atoms with Gasteiger partial charge in [-0.15, -0.1) is 6.58 Å². The van der Waals surface area contributed by atoms with Crippen LogP contribution < -0.4 is 0 Å². The molecule has 0 aromatic rings. The van der Waals surface area contributed by atoms with Gasteiger partial charge >= 0.3 is 5.97 Å². The van der Waals surface area contributed by atoms with Crippen LogP contribution in [0, 0.1) is 11.8 Å². The van der Waals surface area contributed by atoms with Crippen molar-refractivity contribution in [3.05, 3.63) is 24.8 Å². The molecule has 2 atom stereocenters. The quantitative estimate of drug-likeness (QED) is 0.505. The Balaban J connectivity index is 4.44. The molecule has 68 valence electrons. The van der Waals surface area contributed by atoms with E-state index in [0.717, 1.165) is 6.42 Å². The van der Waals surface area contributed by atoms with Crippen LogP contribution >= 0.6 is 0 Å². The SMILES string of the molecule is C=CC(C(=C)C(=O)O)C(C)CC. The van der Waals surface area contributed by atoms with Crippen molar-refractivity contribution in [2.75, 3.05) is 0 Å². The Morgan fingerprint density at radius 2 is 2.17 bits per heavy atom.